The number of carbonyl (C=O) groups excluding carboxylic acids is 3. The molecule has 1 aromatic carbocycles. The van der Waals surface area contributed by atoms with Gasteiger partial charge in [-0.3, -0.25) is 19.7 Å². The van der Waals surface area contributed by atoms with Gasteiger partial charge in [-0.1, -0.05) is 33.3 Å². The SMILES string of the molecule is CCCC(C(=O)NC=O)N1Cc2c(ccc(C(C)C)c2P)C1=O. The molecule has 2 rings (SSSR count). The Labute approximate surface area is 139 Å². The maximum atomic E-state index is 12.7. The van der Waals surface area contributed by atoms with E-state index in [4.69, 9.17) is 0 Å². The average molecular weight is 334 g/mol. The molecule has 0 fully saturated rings. The van der Waals surface area contributed by atoms with Crippen LogP contribution < -0.4 is 10.6 Å². The van der Waals surface area contributed by atoms with Crippen molar-refractivity contribution in [2.24, 2.45) is 0 Å². The zero-order chi connectivity index (χ0) is 17.1. The Morgan fingerprint density at radius 2 is 2.13 bits per heavy atom. The summed E-state index contributed by atoms with van der Waals surface area (Å²) in [7, 11) is 2.73. The van der Waals surface area contributed by atoms with E-state index in [-0.39, 0.29) is 5.91 Å². The van der Waals surface area contributed by atoms with Crippen LogP contribution in [0.5, 0.6) is 0 Å². The second-order valence-corrected chi connectivity index (χ2v) is 6.69. The summed E-state index contributed by atoms with van der Waals surface area (Å²) in [6.45, 7) is 6.58. The van der Waals surface area contributed by atoms with E-state index in [9.17, 15) is 14.4 Å². The van der Waals surface area contributed by atoms with Crippen molar-refractivity contribution in [3.63, 3.8) is 0 Å². The van der Waals surface area contributed by atoms with Crippen LogP contribution in [0.4, 0.5) is 0 Å². The van der Waals surface area contributed by atoms with Gasteiger partial charge in [0, 0.05) is 12.1 Å². The molecule has 3 amide bonds. The Bertz CT molecular complexity index is 643. The molecule has 124 valence electrons. The summed E-state index contributed by atoms with van der Waals surface area (Å²) in [5, 5.41) is 3.22. The van der Waals surface area contributed by atoms with E-state index in [1.807, 2.05) is 19.1 Å². The smallest absolute Gasteiger partial charge is 0.255 e. The van der Waals surface area contributed by atoms with Crippen molar-refractivity contribution in [2.45, 2.75) is 52.1 Å². The Morgan fingerprint density at radius 3 is 2.70 bits per heavy atom. The molecular weight excluding hydrogens is 311 g/mol. The van der Waals surface area contributed by atoms with Crippen molar-refractivity contribution in [2.75, 3.05) is 0 Å². The van der Waals surface area contributed by atoms with E-state index in [1.54, 1.807) is 4.90 Å². The standard InChI is InChI=1S/C17H23N2O3P/c1-4-5-14(16(21)18-9-20)19-8-13-12(17(19)22)7-6-11(10(2)3)15(13)23/h6-7,9-10,14H,4-5,8,23H2,1-3H3,(H,18,20,21). The van der Waals surface area contributed by atoms with Gasteiger partial charge in [-0.15, -0.1) is 9.24 Å². The zero-order valence-electron chi connectivity index (χ0n) is 13.8. The lowest BCUT2D eigenvalue weighted by Crippen LogP contribution is -2.46. The van der Waals surface area contributed by atoms with Crippen LogP contribution in [0.25, 0.3) is 0 Å². The van der Waals surface area contributed by atoms with Crippen molar-refractivity contribution < 1.29 is 14.4 Å². The number of rotatable bonds is 6. The van der Waals surface area contributed by atoms with Gasteiger partial charge in [0.1, 0.15) is 6.04 Å². The first-order valence-corrected chi connectivity index (χ1v) is 8.46. The summed E-state index contributed by atoms with van der Waals surface area (Å²) in [6, 6.07) is 3.21. The predicted molar refractivity (Wildman–Crippen MR) is 92.7 cm³/mol. The van der Waals surface area contributed by atoms with Gasteiger partial charge in [0.05, 0.1) is 0 Å². The molecule has 1 aliphatic rings. The molecule has 2 atom stereocenters. The lowest BCUT2D eigenvalue weighted by molar-refractivity contribution is -0.129. The van der Waals surface area contributed by atoms with Crippen LogP contribution in [-0.4, -0.2) is 29.2 Å². The van der Waals surface area contributed by atoms with Crippen LogP contribution in [0.15, 0.2) is 12.1 Å². The molecule has 1 N–H and O–H groups in total. The quantitative estimate of drug-likeness (QED) is 0.636. The van der Waals surface area contributed by atoms with Crippen molar-refractivity contribution >= 4 is 32.8 Å². The largest absolute Gasteiger partial charge is 0.322 e. The molecule has 0 aliphatic carbocycles. The second kappa shape index (κ2) is 7.22. The fourth-order valence-corrected chi connectivity index (χ4v) is 3.74. The molecule has 0 saturated carbocycles. The number of imide groups is 1. The first kappa shape index (κ1) is 17.6. The van der Waals surface area contributed by atoms with E-state index >= 15 is 0 Å². The molecule has 0 saturated heterocycles. The van der Waals surface area contributed by atoms with Crippen LogP contribution in [-0.2, 0) is 16.1 Å². The van der Waals surface area contributed by atoms with Gasteiger partial charge < -0.3 is 4.90 Å². The van der Waals surface area contributed by atoms with E-state index < -0.39 is 11.9 Å². The van der Waals surface area contributed by atoms with E-state index in [1.165, 1.54) is 5.56 Å². The van der Waals surface area contributed by atoms with Crippen molar-refractivity contribution in [1.29, 1.82) is 0 Å². The summed E-state index contributed by atoms with van der Waals surface area (Å²) in [4.78, 5) is 37.0. The third-order valence-electron chi connectivity index (χ3n) is 4.27. The highest BCUT2D eigenvalue weighted by atomic mass is 31.0. The molecule has 2 unspecified atom stereocenters. The fraction of sp³-hybridized carbons (Fsp3) is 0.471. The number of hydrogen-bond acceptors (Lipinski definition) is 3. The summed E-state index contributed by atoms with van der Waals surface area (Å²) >= 11 is 0. The van der Waals surface area contributed by atoms with Crippen LogP contribution in [0.1, 0.15) is 61.0 Å². The molecule has 0 radical (unpaired) electrons. The number of nitrogens with zero attached hydrogens (tertiary/aromatic N) is 1. The Hall–Kier alpha value is -1.74. The van der Waals surface area contributed by atoms with Gasteiger partial charge in [0.2, 0.25) is 12.3 Å². The van der Waals surface area contributed by atoms with Crippen molar-refractivity contribution in [1.82, 2.24) is 10.2 Å². The molecule has 1 heterocycles. The van der Waals surface area contributed by atoms with Crippen LogP contribution in [0, 0.1) is 0 Å². The van der Waals surface area contributed by atoms with E-state index in [0.717, 1.165) is 17.3 Å². The topological polar surface area (TPSA) is 66.5 Å². The Kier molecular flexibility index (Phi) is 5.53. The molecule has 0 bridgehead atoms. The molecule has 5 nitrogen and oxygen atoms in total. The Morgan fingerprint density at radius 1 is 1.43 bits per heavy atom. The molecule has 1 aromatic rings. The summed E-state index contributed by atoms with van der Waals surface area (Å²) in [5.41, 5.74) is 2.80. The number of nitrogens with one attached hydrogen (secondary N) is 1. The first-order chi connectivity index (χ1) is 10.9. The van der Waals surface area contributed by atoms with Gasteiger partial charge in [-0.25, -0.2) is 0 Å². The lowest BCUT2D eigenvalue weighted by atomic mass is 9.98. The van der Waals surface area contributed by atoms with Crippen LogP contribution in [0.2, 0.25) is 0 Å². The maximum Gasteiger partial charge on any atom is 0.255 e. The van der Waals surface area contributed by atoms with Crippen LogP contribution >= 0.6 is 9.24 Å². The highest BCUT2D eigenvalue weighted by Crippen LogP contribution is 2.29. The summed E-state index contributed by atoms with van der Waals surface area (Å²) in [5.74, 6) is -0.197. The number of fused-ring (bicyclic) bond motifs is 1. The van der Waals surface area contributed by atoms with E-state index in [0.29, 0.717) is 30.9 Å². The fourth-order valence-electron chi connectivity index (χ4n) is 3.06. The van der Waals surface area contributed by atoms with Crippen molar-refractivity contribution in [3.8, 4) is 0 Å². The molecule has 6 heteroatoms. The highest BCUT2D eigenvalue weighted by molar-refractivity contribution is 7.27. The van der Waals surface area contributed by atoms with Gasteiger partial charge in [-0.2, -0.15) is 0 Å². The summed E-state index contributed by atoms with van der Waals surface area (Å²) < 4.78 is 0. The average Bonchev–Trinajstić information content (AvgIpc) is 2.83. The van der Waals surface area contributed by atoms with Gasteiger partial charge in [-0.05, 0) is 34.8 Å². The minimum absolute atomic E-state index is 0.140. The third-order valence-corrected chi connectivity index (χ3v) is 4.96. The molecule has 23 heavy (non-hydrogen) atoms. The molecule has 0 aromatic heterocycles. The van der Waals surface area contributed by atoms with Gasteiger partial charge in [0.25, 0.3) is 5.91 Å². The number of amides is 3. The minimum atomic E-state index is -0.614. The highest BCUT2D eigenvalue weighted by Gasteiger charge is 2.37. The third kappa shape index (κ3) is 3.30. The normalized spacial score (nSPS) is 14.8. The monoisotopic (exact) mass is 334 g/mol. The van der Waals surface area contributed by atoms with E-state index in [2.05, 4.69) is 28.4 Å². The lowest BCUT2D eigenvalue weighted by Gasteiger charge is -2.25. The molecule has 1 aliphatic heterocycles. The van der Waals surface area contributed by atoms with Gasteiger partial charge in [0.15, 0.2) is 0 Å². The zero-order valence-corrected chi connectivity index (χ0v) is 14.9. The maximum absolute atomic E-state index is 12.7. The van der Waals surface area contributed by atoms with Crippen molar-refractivity contribution in [3.05, 3.63) is 28.8 Å². The Balaban J connectivity index is 2.37. The van der Waals surface area contributed by atoms with Crippen LogP contribution in [0.3, 0.4) is 0 Å². The first-order valence-electron chi connectivity index (χ1n) is 7.88. The minimum Gasteiger partial charge on any atom is -0.322 e. The number of carbonyl (C=O) groups is 3. The second-order valence-electron chi connectivity index (χ2n) is 6.11. The number of benzene rings is 1. The summed E-state index contributed by atoms with van der Waals surface area (Å²) in [6.07, 6.45) is 1.65. The predicted octanol–water partition coefficient (Wildman–Crippen LogP) is 1.71. The molecule has 0 spiro atoms. The molecular formula is C17H23N2O3P. The number of hydrogen-bond donors (Lipinski definition) is 1. The van der Waals surface area contributed by atoms with Gasteiger partial charge >= 0.3 is 0 Å².